The van der Waals surface area contributed by atoms with Gasteiger partial charge in [0.15, 0.2) is 11.5 Å². The van der Waals surface area contributed by atoms with Gasteiger partial charge in [0.2, 0.25) is 0 Å². The van der Waals surface area contributed by atoms with Crippen molar-refractivity contribution in [2.75, 3.05) is 5.32 Å². The van der Waals surface area contributed by atoms with Crippen molar-refractivity contribution in [2.45, 2.75) is 37.3 Å². The summed E-state index contributed by atoms with van der Waals surface area (Å²) in [5.74, 6) is 1.45. The monoisotopic (exact) mass is 291 g/mol. The highest BCUT2D eigenvalue weighted by atomic mass is 15.2. The number of hydrogen-bond donors (Lipinski definition) is 1. The van der Waals surface area contributed by atoms with Crippen molar-refractivity contribution in [3.8, 4) is 0 Å². The van der Waals surface area contributed by atoms with Gasteiger partial charge in [0, 0.05) is 18.0 Å². The molecule has 2 aliphatic carbocycles. The lowest BCUT2D eigenvalue weighted by molar-refractivity contribution is 0.756. The molecule has 0 spiro atoms. The van der Waals surface area contributed by atoms with Crippen LogP contribution in [-0.4, -0.2) is 25.6 Å². The summed E-state index contributed by atoms with van der Waals surface area (Å²) in [7, 11) is 0. The number of fused-ring (bicyclic) bond motifs is 1. The Labute approximate surface area is 128 Å². The Morgan fingerprint density at radius 3 is 2.73 bits per heavy atom. The zero-order chi connectivity index (χ0) is 14.5. The molecule has 2 aromatic heterocycles. The van der Waals surface area contributed by atoms with Crippen LogP contribution in [0.5, 0.6) is 0 Å². The van der Waals surface area contributed by atoms with E-state index in [0.717, 1.165) is 23.4 Å². The summed E-state index contributed by atoms with van der Waals surface area (Å²) < 4.78 is 2.18. The van der Waals surface area contributed by atoms with Crippen molar-refractivity contribution >= 4 is 17.0 Å². The number of anilines is 1. The van der Waals surface area contributed by atoms with Gasteiger partial charge in [-0.2, -0.15) is 0 Å². The highest BCUT2D eigenvalue weighted by molar-refractivity contribution is 5.83. The van der Waals surface area contributed by atoms with Crippen molar-refractivity contribution in [2.24, 2.45) is 0 Å². The highest BCUT2D eigenvalue weighted by Gasteiger charge is 2.39. The minimum atomic E-state index is 0.451. The number of imidazole rings is 1. The molecule has 1 aromatic carbocycles. The molecule has 2 saturated carbocycles. The van der Waals surface area contributed by atoms with Crippen LogP contribution in [0.2, 0.25) is 0 Å². The molecule has 0 saturated heterocycles. The zero-order valence-electron chi connectivity index (χ0n) is 12.2. The van der Waals surface area contributed by atoms with Crippen molar-refractivity contribution in [1.29, 1.82) is 0 Å². The van der Waals surface area contributed by atoms with Crippen molar-refractivity contribution in [3.05, 3.63) is 48.5 Å². The van der Waals surface area contributed by atoms with E-state index in [1.807, 2.05) is 6.33 Å². The molecule has 2 heterocycles. The van der Waals surface area contributed by atoms with Gasteiger partial charge >= 0.3 is 0 Å². The molecule has 110 valence electrons. The Kier molecular flexibility index (Phi) is 2.50. The second-order valence-electron chi connectivity index (χ2n) is 6.28. The molecule has 0 amide bonds. The Morgan fingerprint density at radius 2 is 1.91 bits per heavy atom. The highest BCUT2D eigenvalue weighted by Crippen LogP contribution is 2.43. The Bertz CT molecular complexity index is 821. The summed E-state index contributed by atoms with van der Waals surface area (Å²) in [6.45, 7) is 0. The second-order valence-corrected chi connectivity index (χ2v) is 6.28. The summed E-state index contributed by atoms with van der Waals surface area (Å²) in [5, 5.41) is 3.55. The van der Waals surface area contributed by atoms with Gasteiger partial charge in [-0.05, 0) is 24.8 Å². The van der Waals surface area contributed by atoms with E-state index >= 15 is 0 Å². The molecular formula is C17H17N5. The quantitative estimate of drug-likeness (QED) is 0.802. The predicted molar refractivity (Wildman–Crippen MR) is 84.8 cm³/mol. The molecule has 2 aliphatic rings. The summed E-state index contributed by atoms with van der Waals surface area (Å²) in [5.41, 5.74) is 3.25. The summed E-state index contributed by atoms with van der Waals surface area (Å²) in [6.07, 6.45) is 7.17. The van der Waals surface area contributed by atoms with Gasteiger partial charge in [0.05, 0.1) is 6.33 Å². The van der Waals surface area contributed by atoms with E-state index in [1.165, 1.54) is 18.4 Å². The fourth-order valence-corrected chi connectivity index (χ4v) is 3.18. The fraction of sp³-hybridized carbons (Fsp3) is 0.353. The smallest absolute Gasteiger partial charge is 0.165 e. The number of aromatic nitrogens is 4. The first-order valence-electron chi connectivity index (χ1n) is 7.89. The predicted octanol–water partition coefficient (Wildman–Crippen LogP) is 3.13. The molecule has 0 aliphatic heterocycles. The molecular weight excluding hydrogens is 274 g/mol. The molecule has 3 aromatic rings. The number of benzene rings is 1. The van der Waals surface area contributed by atoms with E-state index in [2.05, 4.69) is 55.2 Å². The van der Waals surface area contributed by atoms with Crippen LogP contribution in [0.25, 0.3) is 11.2 Å². The summed E-state index contributed by atoms with van der Waals surface area (Å²) in [4.78, 5) is 13.4. The van der Waals surface area contributed by atoms with Gasteiger partial charge < -0.3 is 9.88 Å². The average Bonchev–Trinajstić information content (AvgIpc) is 3.48. The van der Waals surface area contributed by atoms with Crippen LogP contribution in [0.1, 0.15) is 36.8 Å². The minimum Gasteiger partial charge on any atom is -0.365 e. The van der Waals surface area contributed by atoms with E-state index in [-0.39, 0.29) is 0 Å². The van der Waals surface area contributed by atoms with Crippen LogP contribution < -0.4 is 5.32 Å². The summed E-state index contributed by atoms with van der Waals surface area (Å²) in [6, 6.07) is 11.7. The van der Waals surface area contributed by atoms with Crippen LogP contribution in [0, 0.1) is 0 Å². The Hall–Kier alpha value is -2.43. The maximum absolute atomic E-state index is 4.53. The molecule has 2 atom stereocenters. The van der Waals surface area contributed by atoms with E-state index in [4.69, 9.17) is 0 Å². The Balaban J connectivity index is 1.41. The maximum Gasteiger partial charge on any atom is 0.165 e. The number of hydrogen-bond acceptors (Lipinski definition) is 4. The second kappa shape index (κ2) is 4.53. The van der Waals surface area contributed by atoms with Crippen molar-refractivity contribution in [1.82, 2.24) is 19.5 Å². The van der Waals surface area contributed by atoms with Crippen molar-refractivity contribution in [3.63, 3.8) is 0 Å². The number of nitrogens with one attached hydrogen (secondary N) is 1. The first-order valence-corrected chi connectivity index (χ1v) is 7.89. The molecule has 2 fully saturated rings. The zero-order valence-corrected chi connectivity index (χ0v) is 12.2. The van der Waals surface area contributed by atoms with Crippen LogP contribution >= 0.6 is 0 Å². The van der Waals surface area contributed by atoms with E-state index in [0.29, 0.717) is 18.0 Å². The molecule has 1 N–H and O–H groups in total. The van der Waals surface area contributed by atoms with Gasteiger partial charge in [0.25, 0.3) is 0 Å². The SMILES string of the molecule is c1ccc([C@@H]2C[C@H]2Nc2ncnc3c2ncn3C2CC2)cc1. The van der Waals surface area contributed by atoms with Gasteiger partial charge in [-0.3, -0.25) is 0 Å². The Morgan fingerprint density at radius 1 is 1.05 bits per heavy atom. The van der Waals surface area contributed by atoms with Gasteiger partial charge in [-0.25, -0.2) is 15.0 Å². The average molecular weight is 291 g/mol. The maximum atomic E-state index is 4.53. The molecule has 0 bridgehead atoms. The first kappa shape index (κ1) is 12.1. The van der Waals surface area contributed by atoms with E-state index in [9.17, 15) is 0 Å². The molecule has 5 nitrogen and oxygen atoms in total. The first-order chi connectivity index (χ1) is 10.9. The molecule has 22 heavy (non-hydrogen) atoms. The largest absolute Gasteiger partial charge is 0.365 e. The third kappa shape index (κ3) is 1.96. The van der Waals surface area contributed by atoms with E-state index in [1.54, 1.807) is 6.33 Å². The molecule has 0 radical (unpaired) electrons. The number of nitrogens with zero attached hydrogens (tertiary/aromatic N) is 4. The van der Waals surface area contributed by atoms with Crippen LogP contribution in [0.4, 0.5) is 5.82 Å². The lowest BCUT2D eigenvalue weighted by Crippen LogP contribution is -2.07. The lowest BCUT2D eigenvalue weighted by Gasteiger charge is -2.06. The van der Waals surface area contributed by atoms with Crippen LogP contribution in [0.15, 0.2) is 43.0 Å². The third-order valence-electron chi connectivity index (χ3n) is 4.64. The normalized spacial score (nSPS) is 23.6. The van der Waals surface area contributed by atoms with Gasteiger partial charge in [-0.15, -0.1) is 0 Å². The van der Waals surface area contributed by atoms with Crippen LogP contribution in [0.3, 0.4) is 0 Å². The third-order valence-corrected chi connectivity index (χ3v) is 4.64. The minimum absolute atomic E-state index is 0.451. The fourth-order valence-electron chi connectivity index (χ4n) is 3.18. The van der Waals surface area contributed by atoms with Crippen LogP contribution in [-0.2, 0) is 0 Å². The molecule has 5 rings (SSSR count). The van der Waals surface area contributed by atoms with E-state index < -0.39 is 0 Å². The molecule has 5 heteroatoms. The molecule has 0 unspecified atom stereocenters. The number of rotatable bonds is 4. The summed E-state index contributed by atoms with van der Waals surface area (Å²) >= 11 is 0. The van der Waals surface area contributed by atoms with Gasteiger partial charge in [-0.1, -0.05) is 30.3 Å². The van der Waals surface area contributed by atoms with Gasteiger partial charge in [0.1, 0.15) is 11.8 Å². The lowest BCUT2D eigenvalue weighted by atomic mass is 10.1. The topological polar surface area (TPSA) is 55.6 Å². The van der Waals surface area contributed by atoms with Crippen molar-refractivity contribution < 1.29 is 0 Å². The standard InChI is InChI=1S/C17H17N5/c1-2-4-11(5-3-1)13-8-14(13)21-16-15-17(19-9-18-16)22(10-20-15)12-6-7-12/h1-5,9-10,12-14H,6-8H2,(H,18,19,21)/t13-,14+/m0/s1.